The van der Waals surface area contributed by atoms with Crippen molar-refractivity contribution < 1.29 is 42.3 Å². The van der Waals surface area contributed by atoms with Gasteiger partial charge in [0, 0.05) is 0 Å². The first-order valence-electron chi connectivity index (χ1n) is 2.79. The summed E-state index contributed by atoms with van der Waals surface area (Å²) in [6.07, 6.45) is 2.12. The summed E-state index contributed by atoms with van der Waals surface area (Å²) in [7, 11) is 0. The van der Waals surface area contributed by atoms with Gasteiger partial charge in [0.1, 0.15) is 0 Å². The molecule has 0 aliphatic carbocycles. The largest absolute Gasteiger partial charge is 1.00 e. The number of hydrogen-bond donors (Lipinski definition) is 0. The van der Waals surface area contributed by atoms with Gasteiger partial charge in [0.15, 0.2) is 0 Å². The van der Waals surface area contributed by atoms with Gasteiger partial charge in [-0.3, -0.25) is 0 Å². The van der Waals surface area contributed by atoms with Gasteiger partial charge in [0.2, 0.25) is 0 Å². The van der Waals surface area contributed by atoms with Gasteiger partial charge in [-0.1, -0.05) is 0 Å². The summed E-state index contributed by atoms with van der Waals surface area (Å²) in [4.78, 5) is 1.43. The van der Waals surface area contributed by atoms with E-state index in [1.54, 1.807) is 0 Å². The van der Waals surface area contributed by atoms with E-state index >= 15 is 0 Å². The van der Waals surface area contributed by atoms with Crippen LogP contribution in [0.15, 0.2) is 29.2 Å². The van der Waals surface area contributed by atoms with Crippen LogP contribution in [-0.4, -0.2) is 6.26 Å². The Morgan fingerprint density at radius 3 is 2.30 bits per heavy atom. The maximum atomic E-state index is 2.19. The molecule has 1 aromatic rings. The number of benzene rings is 1. The van der Waals surface area contributed by atoms with Gasteiger partial charge in [0.25, 0.3) is 0 Å². The Labute approximate surface area is 92.9 Å². The molecule has 0 unspecified atom stereocenters. The molecule has 0 aromatic heterocycles. The van der Waals surface area contributed by atoms with Gasteiger partial charge in [-0.25, -0.2) is 0 Å². The van der Waals surface area contributed by atoms with Crippen LogP contribution in [0, 0.1) is 0 Å². The molecule has 1 aromatic carbocycles. The first-order valence-corrected chi connectivity index (χ1v) is 5.50. The van der Waals surface area contributed by atoms with E-state index in [4.69, 9.17) is 0 Å². The van der Waals surface area contributed by atoms with Crippen molar-refractivity contribution in [2.75, 3.05) is 6.26 Å². The number of hydrogen-bond acceptors (Lipinski definition) is 1. The Kier molecular flexibility index (Phi) is 6.07. The zero-order chi connectivity index (χ0) is 6.69. The molecule has 0 heterocycles. The Morgan fingerprint density at radius 1 is 1.30 bits per heavy atom. The fraction of sp³-hybridized carbons (Fsp3) is 0.143. The summed E-state index contributed by atoms with van der Waals surface area (Å²) in [5.41, 5.74) is 0. The SMILES string of the molecule is CSc1cccc[c]1[Zn+].[I-]. The zero-order valence-corrected chi connectivity index (χ0v) is 11.7. The first-order chi connectivity index (χ1) is 4.34. The fourth-order valence-electron chi connectivity index (χ4n) is 0.703. The molecule has 0 nitrogen and oxygen atoms in total. The third-order valence-corrected chi connectivity index (χ3v) is 3.86. The summed E-state index contributed by atoms with van der Waals surface area (Å²) in [5.74, 6) is 0. The van der Waals surface area contributed by atoms with Crippen molar-refractivity contribution in [2.45, 2.75) is 4.90 Å². The smallest absolute Gasteiger partial charge is 1.00 e. The third-order valence-electron chi connectivity index (χ3n) is 1.19. The van der Waals surface area contributed by atoms with Crippen molar-refractivity contribution in [3.05, 3.63) is 24.3 Å². The number of thioether (sulfide) groups is 1. The maximum Gasteiger partial charge on any atom is -1.00 e. The van der Waals surface area contributed by atoms with Crippen LogP contribution in [0.3, 0.4) is 0 Å². The molecular formula is C7H7ISZn. The maximum absolute atomic E-state index is 2.19. The van der Waals surface area contributed by atoms with Crippen molar-refractivity contribution in [3.63, 3.8) is 0 Å². The molecule has 3 heteroatoms. The summed E-state index contributed by atoms with van der Waals surface area (Å²) in [5, 5.41) is 0. The van der Waals surface area contributed by atoms with Crippen LogP contribution < -0.4 is 28.1 Å². The molecule has 0 bridgehead atoms. The van der Waals surface area contributed by atoms with E-state index in [1.165, 1.54) is 27.4 Å². The van der Waals surface area contributed by atoms with Gasteiger partial charge in [-0.15, -0.1) is 0 Å². The predicted octanol–water partition coefficient (Wildman–Crippen LogP) is -1.42. The normalized spacial score (nSPS) is 8.70. The monoisotopic (exact) mass is 314 g/mol. The van der Waals surface area contributed by atoms with Crippen LogP contribution in [0.1, 0.15) is 0 Å². The molecule has 0 saturated heterocycles. The molecule has 50 valence electrons. The van der Waals surface area contributed by atoms with E-state index in [9.17, 15) is 0 Å². The van der Waals surface area contributed by atoms with Crippen LogP contribution in [0.25, 0.3) is 0 Å². The van der Waals surface area contributed by atoms with Crippen LogP contribution >= 0.6 is 11.8 Å². The van der Waals surface area contributed by atoms with E-state index in [1.807, 2.05) is 11.8 Å². The average molecular weight is 315 g/mol. The average Bonchev–Trinajstić information content (AvgIpc) is 1.89. The Hall–Kier alpha value is 0.923. The molecule has 0 saturated carbocycles. The van der Waals surface area contributed by atoms with Gasteiger partial charge in [-0.05, 0) is 0 Å². The van der Waals surface area contributed by atoms with E-state index in [2.05, 4.69) is 30.5 Å². The molecule has 10 heavy (non-hydrogen) atoms. The van der Waals surface area contributed by atoms with E-state index in [0.717, 1.165) is 0 Å². The first kappa shape index (κ1) is 10.9. The van der Waals surface area contributed by atoms with Crippen LogP contribution in [-0.2, 0) is 18.3 Å². The van der Waals surface area contributed by atoms with Crippen LogP contribution in [0.5, 0.6) is 0 Å². The number of halogens is 1. The number of rotatable bonds is 1. The molecule has 1 rings (SSSR count). The Bertz CT molecular complexity index is 203. The molecule has 0 radical (unpaired) electrons. The van der Waals surface area contributed by atoms with Crippen molar-refractivity contribution in [3.8, 4) is 0 Å². The van der Waals surface area contributed by atoms with Gasteiger partial charge in [0.05, 0.1) is 0 Å². The van der Waals surface area contributed by atoms with Crippen molar-refractivity contribution in [1.29, 1.82) is 0 Å². The standard InChI is InChI=1S/C7H7S.HI.Zn/c1-8-7-5-3-2-4-6-7;;/h2-5H,1H3;1H;/q;;+1/p-1. The predicted molar refractivity (Wildman–Crippen MR) is 37.9 cm³/mol. The molecule has 0 fully saturated rings. The topological polar surface area (TPSA) is 0 Å². The van der Waals surface area contributed by atoms with E-state index < -0.39 is 0 Å². The fourth-order valence-corrected chi connectivity index (χ4v) is 2.69. The molecule has 0 spiro atoms. The van der Waals surface area contributed by atoms with E-state index in [-0.39, 0.29) is 24.0 Å². The Balaban J connectivity index is 0.000000810. The second kappa shape index (κ2) is 5.56. The minimum atomic E-state index is 0. The molecule has 0 atom stereocenters. The quantitative estimate of drug-likeness (QED) is 0.348. The molecule has 0 amide bonds. The minimum Gasteiger partial charge on any atom is -1.00 e. The molecule has 0 aliphatic rings. The summed E-state index contributed by atoms with van der Waals surface area (Å²) < 4.78 is 1.49. The van der Waals surface area contributed by atoms with Crippen LogP contribution in [0.4, 0.5) is 0 Å². The second-order valence-corrected chi connectivity index (χ2v) is 4.26. The van der Waals surface area contributed by atoms with Crippen molar-refractivity contribution in [2.24, 2.45) is 0 Å². The van der Waals surface area contributed by atoms with Gasteiger partial charge >= 0.3 is 69.6 Å². The molecule has 0 N–H and O–H groups in total. The van der Waals surface area contributed by atoms with Crippen LogP contribution in [0.2, 0.25) is 0 Å². The Morgan fingerprint density at radius 2 is 1.90 bits per heavy atom. The molecule has 0 aliphatic heterocycles. The third kappa shape index (κ3) is 2.89. The minimum absolute atomic E-state index is 0. The van der Waals surface area contributed by atoms with Gasteiger partial charge < -0.3 is 24.0 Å². The van der Waals surface area contributed by atoms with Gasteiger partial charge in [-0.2, -0.15) is 0 Å². The second-order valence-electron chi connectivity index (χ2n) is 1.81. The van der Waals surface area contributed by atoms with Crippen molar-refractivity contribution >= 4 is 15.9 Å². The van der Waals surface area contributed by atoms with E-state index in [0.29, 0.717) is 0 Å². The summed E-state index contributed by atoms with van der Waals surface area (Å²) in [6, 6.07) is 8.54. The van der Waals surface area contributed by atoms with Crippen molar-refractivity contribution in [1.82, 2.24) is 0 Å². The summed E-state index contributed by atoms with van der Waals surface area (Å²) >= 11 is 3.09. The zero-order valence-electron chi connectivity index (χ0n) is 5.80. The molecular weight excluding hydrogens is 308 g/mol. The summed E-state index contributed by atoms with van der Waals surface area (Å²) in [6.45, 7) is 0.